The molecule has 1 aliphatic heterocycles. The molecule has 8 heteroatoms. The highest BCUT2D eigenvalue weighted by atomic mass is 19.1. The van der Waals surface area contributed by atoms with E-state index in [9.17, 15) is 9.18 Å². The third kappa shape index (κ3) is 4.66. The van der Waals surface area contributed by atoms with Crippen molar-refractivity contribution in [1.29, 1.82) is 0 Å². The van der Waals surface area contributed by atoms with Gasteiger partial charge in [0.25, 0.3) is 5.91 Å². The number of rotatable bonds is 5. The number of pyridine rings is 1. The van der Waals surface area contributed by atoms with Crippen LogP contribution in [-0.2, 0) is 4.79 Å². The zero-order chi connectivity index (χ0) is 20.1. The Labute approximate surface area is 167 Å². The molecule has 1 fully saturated rings. The highest BCUT2D eigenvalue weighted by Gasteiger charge is 2.22. The Bertz CT molecular complexity index is 943. The van der Waals surface area contributed by atoms with Gasteiger partial charge >= 0.3 is 0 Å². The first-order valence-electron chi connectivity index (χ1n) is 9.34. The summed E-state index contributed by atoms with van der Waals surface area (Å²) in [7, 11) is 0. The second-order valence-electron chi connectivity index (χ2n) is 6.62. The highest BCUT2D eigenvalue weighted by molar-refractivity contribution is 5.78. The summed E-state index contributed by atoms with van der Waals surface area (Å²) in [6, 6.07) is 13.3. The van der Waals surface area contributed by atoms with Gasteiger partial charge in [-0.05, 0) is 48.5 Å². The summed E-state index contributed by atoms with van der Waals surface area (Å²) in [4.78, 5) is 20.2. The normalized spacial score (nSPS) is 14.0. The van der Waals surface area contributed by atoms with Crippen molar-refractivity contribution in [3.05, 3.63) is 66.7 Å². The van der Waals surface area contributed by atoms with Crippen LogP contribution in [0.5, 0.6) is 5.75 Å². The molecule has 3 aromatic rings. The van der Waals surface area contributed by atoms with Crippen LogP contribution in [0.25, 0.3) is 11.3 Å². The zero-order valence-corrected chi connectivity index (χ0v) is 15.7. The first-order chi connectivity index (χ1) is 14.2. The van der Waals surface area contributed by atoms with E-state index in [1.165, 1.54) is 24.3 Å². The Kier molecular flexibility index (Phi) is 5.60. The van der Waals surface area contributed by atoms with Crippen LogP contribution in [0.2, 0.25) is 0 Å². The van der Waals surface area contributed by atoms with Gasteiger partial charge in [-0.2, -0.15) is 0 Å². The number of hydrogen-bond acceptors (Lipinski definition) is 6. The van der Waals surface area contributed by atoms with Gasteiger partial charge in [-0.25, -0.2) is 4.39 Å². The van der Waals surface area contributed by atoms with E-state index in [-0.39, 0.29) is 18.3 Å². The Morgan fingerprint density at radius 3 is 2.31 bits per heavy atom. The van der Waals surface area contributed by atoms with E-state index in [2.05, 4.69) is 20.1 Å². The summed E-state index contributed by atoms with van der Waals surface area (Å²) < 4.78 is 18.4. The number of carbonyl (C=O) groups is 1. The van der Waals surface area contributed by atoms with Crippen molar-refractivity contribution in [3.63, 3.8) is 0 Å². The molecule has 0 spiro atoms. The fourth-order valence-corrected chi connectivity index (χ4v) is 3.12. The second-order valence-corrected chi connectivity index (χ2v) is 6.62. The SMILES string of the molecule is O=C(COc1ccc(F)cc1)N1CCN(c2ccc(-c3ccncc3)nn2)CC1. The smallest absolute Gasteiger partial charge is 0.260 e. The molecule has 29 heavy (non-hydrogen) atoms. The Hall–Kier alpha value is -3.55. The van der Waals surface area contributed by atoms with Crippen LogP contribution in [0.3, 0.4) is 0 Å². The number of halogens is 1. The molecule has 1 saturated heterocycles. The van der Waals surface area contributed by atoms with Crippen molar-refractivity contribution >= 4 is 11.7 Å². The van der Waals surface area contributed by atoms with E-state index >= 15 is 0 Å². The number of nitrogens with zero attached hydrogens (tertiary/aromatic N) is 5. The Morgan fingerprint density at radius 2 is 1.66 bits per heavy atom. The van der Waals surface area contributed by atoms with Crippen molar-refractivity contribution in [1.82, 2.24) is 20.1 Å². The van der Waals surface area contributed by atoms with Gasteiger partial charge in [0.1, 0.15) is 11.6 Å². The standard InChI is InChI=1S/C21H20FN5O2/c22-17-1-3-18(4-2-17)29-15-21(28)27-13-11-26(12-14-27)20-6-5-19(24-25-20)16-7-9-23-10-8-16/h1-10H,11-15H2. The fraction of sp³-hybridized carbons (Fsp3) is 0.238. The molecule has 7 nitrogen and oxygen atoms in total. The number of piperazine rings is 1. The van der Waals surface area contributed by atoms with Crippen molar-refractivity contribution in [2.24, 2.45) is 0 Å². The van der Waals surface area contributed by atoms with E-state index in [1.54, 1.807) is 17.3 Å². The average Bonchev–Trinajstić information content (AvgIpc) is 2.79. The van der Waals surface area contributed by atoms with E-state index < -0.39 is 0 Å². The van der Waals surface area contributed by atoms with Crippen molar-refractivity contribution in [3.8, 4) is 17.0 Å². The molecule has 0 unspecified atom stereocenters. The minimum Gasteiger partial charge on any atom is -0.484 e. The molecular weight excluding hydrogens is 373 g/mol. The molecule has 1 aromatic carbocycles. The Balaban J connectivity index is 1.28. The molecule has 0 N–H and O–H groups in total. The van der Waals surface area contributed by atoms with Crippen LogP contribution in [0.4, 0.5) is 10.2 Å². The van der Waals surface area contributed by atoms with Crippen LogP contribution in [0.1, 0.15) is 0 Å². The predicted molar refractivity (Wildman–Crippen MR) is 106 cm³/mol. The summed E-state index contributed by atoms with van der Waals surface area (Å²) in [6.07, 6.45) is 3.45. The van der Waals surface area contributed by atoms with E-state index in [1.807, 2.05) is 24.3 Å². The van der Waals surface area contributed by atoms with Gasteiger partial charge in [0.2, 0.25) is 0 Å². The summed E-state index contributed by atoms with van der Waals surface area (Å²) >= 11 is 0. The molecule has 0 bridgehead atoms. The van der Waals surface area contributed by atoms with Crippen LogP contribution in [-0.4, -0.2) is 58.8 Å². The number of ether oxygens (including phenoxy) is 1. The fourth-order valence-electron chi connectivity index (χ4n) is 3.12. The van der Waals surface area contributed by atoms with E-state index in [0.29, 0.717) is 31.9 Å². The van der Waals surface area contributed by atoms with Crippen molar-refractivity contribution < 1.29 is 13.9 Å². The summed E-state index contributed by atoms with van der Waals surface area (Å²) in [6.45, 7) is 2.45. The highest BCUT2D eigenvalue weighted by Crippen LogP contribution is 2.19. The lowest BCUT2D eigenvalue weighted by molar-refractivity contribution is -0.133. The molecule has 2 aromatic heterocycles. The van der Waals surface area contributed by atoms with E-state index in [4.69, 9.17) is 4.74 Å². The van der Waals surface area contributed by atoms with Crippen LogP contribution in [0, 0.1) is 5.82 Å². The zero-order valence-electron chi connectivity index (χ0n) is 15.7. The summed E-state index contributed by atoms with van der Waals surface area (Å²) in [5.41, 5.74) is 1.76. The number of hydrogen-bond donors (Lipinski definition) is 0. The molecule has 3 heterocycles. The maximum Gasteiger partial charge on any atom is 0.260 e. The first kappa shape index (κ1) is 18.8. The van der Waals surface area contributed by atoms with Crippen molar-refractivity contribution in [2.75, 3.05) is 37.7 Å². The first-order valence-corrected chi connectivity index (χ1v) is 9.34. The summed E-state index contributed by atoms with van der Waals surface area (Å²) in [5, 5.41) is 8.63. The van der Waals surface area contributed by atoms with Gasteiger partial charge in [0.05, 0.1) is 5.69 Å². The molecule has 0 aliphatic carbocycles. The van der Waals surface area contributed by atoms with Gasteiger partial charge in [-0.1, -0.05) is 0 Å². The number of benzene rings is 1. The maximum atomic E-state index is 12.9. The lowest BCUT2D eigenvalue weighted by Crippen LogP contribution is -2.50. The minimum absolute atomic E-state index is 0.0634. The molecule has 4 rings (SSSR count). The third-order valence-corrected chi connectivity index (χ3v) is 4.76. The quantitative estimate of drug-likeness (QED) is 0.663. The molecule has 1 aliphatic rings. The lowest BCUT2D eigenvalue weighted by Gasteiger charge is -2.35. The van der Waals surface area contributed by atoms with Gasteiger partial charge in [0.15, 0.2) is 12.4 Å². The van der Waals surface area contributed by atoms with Crippen molar-refractivity contribution in [2.45, 2.75) is 0 Å². The molecule has 1 amide bonds. The summed E-state index contributed by atoms with van der Waals surface area (Å²) in [5.74, 6) is 0.838. The number of amides is 1. The number of anilines is 1. The van der Waals surface area contributed by atoms with Gasteiger partial charge in [0, 0.05) is 44.1 Å². The van der Waals surface area contributed by atoms with Crippen LogP contribution in [0.15, 0.2) is 60.9 Å². The largest absolute Gasteiger partial charge is 0.484 e. The molecule has 0 radical (unpaired) electrons. The molecule has 0 saturated carbocycles. The number of carbonyl (C=O) groups excluding carboxylic acids is 1. The van der Waals surface area contributed by atoms with Gasteiger partial charge < -0.3 is 14.5 Å². The topological polar surface area (TPSA) is 71.5 Å². The minimum atomic E-state index is -0.336. The molecule has 148 valence electrons. The molecular formula is C21H20FN5O2. The van der Waals surface area contributed by atoms with Gasteiger partial charge in [-0.15, -0.1) is 10.2 Å². The Morgan fingerprint density at radius 1 is 0.931 bits per heavy atom. The maximum absolute atomic E-state index is 12.9. The predicted octanol–water partition coefficient (Wildman–Crippen LogP) is 2.41. The van der Waals surface area contributed by atoms with E-state index in [0.717, 1.165) is 17.1 Å². The second kappa shape index (κ2) is 8.64. The third-order valence-electron chi connectivity index (χ3n) is 4.76. The molecule has 0 atom stereocenters. The lowest BCUT2D eigenvalue weighted by atomic mass is 10.2. The average molecular weight is 393 g/mol. The van der Waals surface area contributed by atoms with Crippen LogP contribution >= 0.6 is 0 Å². The van der Waals surface area contributed by atoms with Gasteiger partial charge in [-0.3, -0.25) is 9.78 Å². The van der Waals surface area contributed by atoms with Crippen LogP contribution < -0.4 is 9.64 Å². The monoisotopic (exact) mass is 393 g/mol. The number of aromatic nitrogens is 3.